The van der Waals surface area contributed by atoms with E-state index in [0.29, 0.717) is 6.61 Å². The van der Waals surface area contributed by atoms with Crippen LogP contribution in [-0.2, 0) is 0 Å². The average Bonchev–Trinajstić information content (AvgIpc) is 2.14. The number of aliphatic hydroxyl groups is 1. The Morgan fingerprint density at radius 3 is 2.83 bits per heavy atom. The summed E-state index contributed by atoms with van der Waals surface area (Å²) in [4.78, 5) is 0. The number of piperidine rings is 1. The van der Waals surface area contributed by atoms with E-state index in [1.54, 1.807) is 0 Å². The first-order valence-electron chi connectivity index (χ1n) is 5.25. The number of rotatable bonds is 5. The van der Waals surface area contributed by atoms with Crippen molar-refractivity contribution in [2.45, 2.75) is 38.5 Å². The van der Waals surface area contributed by atoms with Gasteiger partial charge in [0.25, 0.3) is 0 Å². The van der Waals surface area contributed by atoms with Crippen molar-refractivity contribution in [1.29, 1.82) is 0 Å². The van der Waals surface area contributed by atoms with Crippen molar-refractivity contribution < 1.29 is 5.11 Å². The van der Waals surface area contributed by atoms with Gasteiger partial charge in [0.15, 0.2) is 0 Å². The second-order valence-electron chi connectivity index (χ2n) is 3.79. The molecule has 0 aromatic rings. The van der Waals surface area contributed by atoms with Gasteiger partial charge in [-0.05, 0) is 44.7 Å². The number of hydrogen-bond acceptors (Lipinski definition) is 2. The zero-order valence-corrected chi connectivity index (χ0v) is 7.89. The van der Waals surface area contributed by atoms with Gasteiger partial charge in [0.2, 0.25) is 0 Å². The number of unbranched alkanes of at least 4 members (excludes halogenated alkanes) is 2. The van der Waals surface area contributed by atoms with E-state index in [2.05, 4.69) is 5.32 Å². The Hall–Kier alpha value is -0.0800. The molecule has 1 aliphatic heterocycles. The molecule has 1 unspecified atom stereocenters. The smallest absolute Gasteiger partial charge is 0.0431 e. The Morgan fingerprint density at radius 2 is 2.17 bits per heavy atom. The Labute approximate surface area is 75.4 Å². The third-order valence-electron chi connectivity index (χ3n) is 2.67. The van der Waals surface area contributed by atoms with Crippen molar-refractivity contribution >= 4 is 0 Å². The lowest BCUT2D eigenvalue weighted by Gasteiger charge is -2.22. The molecular weight excluding hydrogens is 150 g/mol. The SMILES string of the molecule is OCCCCCC1CCCNC1. The number of nitrogens with one attached hydrogen (secondary N) is 1. The first-order valence-corrected chi connectivity index (χ1v) is 5.25. The predicted molar refractivity (Wildman–Crippen MR) is 51.1 cm³/mol. The van der Waals surface area contributed by atoms with E-state index in [0.717, 1.165) is 12.3 Å². The summed E-state index contributed by atoms with van der Waals surface area (Å²) in [6.07, 6.45) is 7.60. The fraction of sp³-hybridized carbons (Fsp3) is 1.00. The lowest BCUT2D eigenvalue weighted by molar-refractivity contribution is 0.277. The van der Waals surface area contributed by atoms with E-state index >= 15 is 0 Å². The molecule has 2 nitrogen and oxygen atoms in total. The van der Waals surface area contributed by atoms with Crippen LogP contribution >= 0.6 is 0 Å². The van der Waals surface area contributed by atoms with Gasteiger partial charge in [-0.15, -0.1) is 0 Å². The molecular formula is C10H21NO. The quantitative estimate of drug-likeness (QED) is 0.615. The first kappa shape index (κ1) is 10.0. The lowest BCUT2D eigenvalue weighted by atomic mass is 9.94. The molecule has 0 amide bonds. The highest BCUT2D eigenvalue weighted by molar-refractivity contribution is 4.68. The van der Waals surface area contributed by atoms with Crippen LogP contribution in [0, 0.1) is 5.92 Å². The summed E-state index contributed by atoms with van der Waals surface area (Å²) in [6.45, 7) is 2.80. The van der Waals surface area contributed by atoms with Gasteiger partial charge in [-0.2, -0.15) is 0 Å². The van der Waals surface area contributed by atoms with E-state index in [1.165, 1.54) is 45.2 Å². The summed E-state index contributed by atoms with van der Waals surface area (Å²) >= 11 is 0. The van der Waals surface area contributed by atoms with Crippen molar-refractivity contribution in [3.63, 3.8) is 0 Å². The van der Waals surface area contributed by atoms with Gasteiger partial charge >= 0.3 is 0 Å². The molecule has 0 saturated carbocycles. The van der Waals surface area contributed by atoms with E-state index in [4.69, 9.17) is 5.11 Å². The Morgan fingerprint density at radius 1 is 1.25 bits per heavy atom. The molecule has 12 heavy (non-hydrogen) atoms. The minimum absolute atomic E-state index is 0.364. The number of aliphatic hydroxyl groups excluding tert-OH is 1. The Kier molecular flexibility index (Phi) is 5.37. The molecule has 1 atom stereocenters. The van der Waals surface area contributed by atoms with Crippen LogP contribution in [0.2, 0.25) is 0 Å². The Balaban J connectivity index is 1.91. The van der Waals surface area contributed by atoms with Gasteiger partial charge in [0, 0.05) is 6.61 Å². The highest BCUT2D eigenvalue weighted by Gasteiger charge is 2.11. The molecule has 0 aromatic carbocycles. The van der Waals surface area contributed by atoms with Gasteiger partial charge in [0.1, 0.15) is 0 Å². The minimum atomic E-state index is 0.364. The van der Waals surface area contributed by atoms with Crippen LogP contribution in [0.5, 0.6) is 0 Å². The zero-order chi connectivity index (χ0) is 8.65. The normalized spacial score (nSPS) is 24.2. The summed E-state index contributed by atoms with van der Waals surface area (Å²) in [5, 5.41) is 12.0. The van der Waals surface area contributed by atoms with Crippen molar-refractivity contribution in [3.05, 3.63) is 0 Å². The standard InChI is InChI=1S/C10H21NO/c12-8-3-1-2-5-10-6-4-7-11-9-10/h10-12H,1-9H2. The van der Waals surface area contributed by atoms with Crippen molar-refractivity contribution in [3.8, 4) is 0 Å². The molecule has 0 bridgehead atoms. The molecule has 1 rings (SSSR count). The summed E-state index contributed by atoms with van der Waals surface area (Å²) in [5.41, 5.74) is 0. The average molecular weight is 171 g/mol. The van der Waals surface area contributed by atoms with E-state index in [9.17, 15) is 0 Å². The summed E-state index contributed by atoms with van der Waals surface area (Å²) in [6, 6.07) is 0. The predicted octanol–water partition coefficient (Wildman–Crippen LogP) is 1.54. The van der Waals surface area contributed by atoms with Gasteiger partial charge in [-0.3, -0.25) is 0 Å². The molecule has 0 spiro atoms. The summed E-state index contributed by atoms with van der Waals surface area (Å²) in [5.74, 6) is 0.914. The largest absolute Gasteiger partial charge is 0.396 e. The topological polar surface area (TPSA) is 32.3 Å². The van der Waals surface area contributed by atoms with Gasteiger partial charge in [-0.25, -0.2) is 0 Å². The monoisotopic (exact) mass is 171 g/mol. The Bertz CT molecular complexity index is 100. The first-order chi connectivity index (χ1) is 5.93. The van der Waals surface area contributed by atoms with Gasteiger partial charge in [-0.1, -0.05) is 12.8 Å². The lowest BCUT2D eigenvalue weighted by Crippen LogP contribution is -2.29. The van der Waals surface area contributed by atoms with Crippen LogP contribution in [-0.4, -0.2) is 24.8 Å². The summed E-state index contributed by atoms with van der Waals surface area (Å²) in [7, 11) is 0. The molecule has 0 aliphatic carbocycles. The van der Waals surface area contributed by atoms with E-state index < -0.39 is 0 Å². The fourth-order valence-corrected chi connectivity index (χ4v) is 1.89. The molecule has 0 aromatic heterocycles. The minimum Gasteiger partial charge on any atom is -0.396 e. The van der Waals surface area contributed by atoms with Crippen LogP contribution < -0.4 is 5.32 Å². The third kappa shape index (κ3) is 4.07. The van der Waals surface area contributed by atoms with Crippen LogP contribution in [0.1, 0.15) is 38.5 Å². The van der Waals surface area contributed by atoms with Crippen LogP contribution in [0.3, 0.4) is 0 Å². The maximum absolute atomic E-state index is 8.59. The molecule has 1 saturated heterocycles. The number of hydrogen-bond donors (Lipinski definition) is 2. The molecule has 1 fully saturated rings. The third-order valence-corrected chi connectivity index (χ3v) is 2.67. The van der Waals surface area contributed by atoms with Gasteiger partial charge < -0.3 is 10.4 Å². The molecule has 1 heterocycles. The maximum atomic E-state index is 8.59. The van der Waals surface area contributed by atoms with Crippen molar-refractivity contribution in [2.24, 2.45) is 5.92 Å². The second kappa shape index (κ2) is 6.44. The zero-order valence-electron chi connectivity index (χ0n) is 7.89. The molecule has 0 radical (unpaired) electrons. The van der Waals surface area contributed by atoms with Gasteiger partial charge in [0.05, 0.1) is 0 Å². The highest BCUT2D eigenvalue weighted by atomic mass is 16.2. The van der Waals surface area contributed by atoms with Crippen LogP contribution in [0.15, 0.2) is 0 Å². The molecule has 1 aliphatic rings. The molecule has 72 valence electrons. The van der Waals surface area contributed by atoms with Crippen molar-refractivity contribution in [1.82, 2.24) is 5.32 Å². The highest BCUT2D eigenvalue weighted by Crippen LogP contribution is 2.17. The summed E-state index contributed by atoms with van der Waals surface area (Å²) < 4.78 is 0. The van der Waals surface area contributed by atoms with Crippen molar-refractivity contribution in [2.75, 3.05) is 19.7 Å². The molecule has 2 heteroatoms. The fourth-order valence-electron chi connectivity index (χ4n) is 1.89. The van der Waals surface area contributed by atoms with Crippen LogP contribution in [0.4, 0.5) is 0 Å². The van der Waals surface area contributed by atoms with Crippen LogP contribution in [0.25, 0.3) is 0 Å². The van der Waals surface area contributed by atoms with E-state index in [-0.39, 0.29) is 0 Å². The maximum Gasteiger partial charge on any atom is 0.0431 e. The van der Waals surface area contributed by atoms with E-state index in [1.807, 2.05) is 0 Å². The second-order valence-corrected chi connectivity index (χ2v) is 3.79. The molecule has 2 N–H and O–H groups in total.